The van der Waals surface area contributed by atoms with Crippen LogP contribution in [0.4, 0.5) is 0 Å². The normalized spacial score (nSPS) is 18.5. The molecule has 16 aromatic carbocycles. The molecule has 40 bridgehead atoms. The second-order valence-electron chi connectivity index (χ2n) is 34.3. The van der Waals surface area contributed by atoms with Gasteiger partial charge in [0.1, 0.15) is 138 Å². The molecule has 8 heterocycles. The number of hydrogen-bond acceptors (Lipinski definition) is 17. The van der Waals surface area contributed by atoms with Crippen molar-refractivity contribution in [3.63, 3.8) is 0 Å². The van der Waals surface area contributed by atoms with Crippen molar-refractivity contribution in [2.24, 2.45) is 0 Å². The maximum absolute atomic E-state index is 14.3. The van der Waals surface area contributed by atoms with Gasteiger partial charge in [-0.3, -0.25) is 4.79 Å². The van der Waals surface area contributed by atoms with Gasteiger partial charge in [0.15, 0.2) is 6.29 Å². The highest BCUT2D eigenvalue weighted by Crippen LogP contribution is 2.60. The number of aldehydes is 1. The smallest absolute Gasteiger partial charge is 0.267 e. The van der Waals surface area contributed by atoms with Gasteiger partial charge in [0.05, 0.1) is 5.56 Å². The standard InChI is InChI=1S/C113H80O17/c114-64-99-100-31-16-32-101(99)122-86-48-72-46-84(55-86)120-78-30-15-28-76(51-78)118-82-44-70-42-80(53-82)116-74-26-13-25-73(49-74)115-79-41-69-43-81(52-79)117-75-27-14-29-77(50-75)119-83-45-71(47-85(54-83)121-100)112-127-106-61-104-93-57-95(106)89(39-35-67-21-9-3-10-22-67)97-59-98-90(40-36-68-23-11-4-12-24-68)96-58-94-88(38-34-66-19-7-2-8-20-66)92-56-91(87(93)37-33-65-17-5-1-6-18-65)102(123-110(69)125-104)60-103(92)124-111(70)126-105(94)62-107(96)128-113(72)130-109(98)63-108(97)129-112/h1-32,41-64,87-90,110-113H,33-40H2/t87-,88+,89-,90+,110-,111+,112-,113+. The summed E-state index contributed by atoms with van der Waals surface area (Å²) in [5, 5.41) is 0. The summed E-state index contributed by atoms with van der Waals surface area (Å²) in [7, 11) is 0. The molecule has 0 aromatic heterocycles. The summed E-state index contributed by atoms with van der Waals surface area (Å²) < 4.78 is 121. The maximum Gasteiger partial charge on any atom is 0.267 e. The molecule has 0 saturated heterocycles. The highest BCUT2D eigenvalue weighted by molar-refractivity contribution is 5.84. The van der Waals surface area contributed by atoms with Gasteiger partial charge in [0.25, 0.3) is 25.2 Å². The lowest BCUT2D eigenvalue weighted by molar-refractivity contribution is -0.0123. The minimum absolute atomic E-state index is 0.0867. The lowest BCUT2D eigenvalue weighted by atomic mass is 9.75. The molecular formula is C113H80O17. The van der Waals surface area contributed by atoms with Gasteiger partial charge in [-0.1, -0.05) is 146 Å². The Morgan fingerprint density at radius 2 is 0.385 bits per heavy atom. The molecule has 0 fully saturated rings. The van der Waals surface area contributed by atoms with Crippen LogP contribution in [-0.4, -0.2) is 6.29 Å². The molecule has 1 aliphatic carbocycles. The monoisotopic (exact) mass is 1710 g/mol. The van der Waals surface area contributed by atoms with Crippen LogP contribution < -0.4 is 75.8 Å². The highest BCUT2D eigenvalue weighted by Gasteiger charge is 2.43. The Morgan fingerprint density at radius 1 is 0.185 bits per heavy atom. The van der Waals surface area contributed by atoms with Crippen molar-refractivity contribution >= 4 is 6.29 Å². The molecule has 9 aliphatic rings. The van der Waals surface area contributed by atoms with E-state index in [-0.39, 0.29) is 28.6 Å². The SMILES string of the molecule is O=Cc1c2cccc1Oc1cc3cc(c1)[C@H]1Oc4cc5c6cc4[C@H](CCc4ccccc4)c4cc7c(cc4O1)O[C@H]1Oc4cc8c(cc4[C@H]7CCc4ccccc4)[C@H](CCc4ccccc4)c4cc(c7cc4O[C@H](O8)c4cc(cc(c4)Oc4cccc(c4)Oc4cc(cc1c4)O2)Oc1cccc(c1)Oc1cc(cc(c1)[C@@H](O7)O5)Oc1cccc(c1)O3)[C@@H]6CCc1ccccc1. The molecule has 634 valence electrons. The summed E-state index contributed by atoms with van der Waals surface area (Å²) in [5.74, 6) is 7.06. The quantitative estimate of drug-likeness (QED) is 0.100. The fourth-order valence-electron chi connectivity index (χ4n) is 19.8. The van der Waals surface area contributed by atoms with Crippen molar-refractivity contribution in [1.82, 2.24) is 0 Å². The Morgan fingerprint density at radius 3 is 0.600 bits per heavy atom. The van der Waals surface area contributed by atoms with E-state index in [4.69, 9.17) is 75.8 Å². The van der Waals surface area contributed by atoms with E-state index in [0.717, 1.165) is 73.0 Å². The predicted molar refractivity (Wildman–Crippen MR) is 486 cm³/mol. The number of ether oxygens (including phenoxy) is 16. The van der Waals surface area contributed by atoms with E-state index in [1.54, 1.807) is 42.5 Å². The van der Waals surface area contributed by atoms with E-state index in [2.05, 4.69) is 170 Å². The summed E-state index contributed by atoms with van der Waals surface area (Å²) >= 11 is 0. The van der Waals surface area contributed by atoms with E-state index in [1.165, 1.54) is 0 Å². The molecule has 0 N–H and O–H groups in total. The van der Waals surface area contributed by atoms with Crippen LogP contribution in [0.15, 0.2) is 334 Å². The van der Waals surface area contributed by atoms with Crippen molar-refractivity contribution in [2.75, 3.05) is 0 Å². The molecule has 8 aliphatic heterocycles. The number of aryl methyl sites for hydroxylation is 4. The molecule has 17 nitrogen and oxygen atoms in total. The van der Waals surface area contributed by atoms with Gasteiger partial charge in [-0.05, 0) is 195 Å². The van der Waals surface area contributed by atoms with E-state index in [9.17, 15) is 4.79 Å². The van der Waals surface area contributed by atoms with Crippen molar-refractivity contribution in [2.45, 2.75) is 100 Å². The Labute approximate surface area is 748 Å². The zero-order valence-electron chi connectivity index (χ0n) is 70.0. The molecule has 0 unspecified atom stereocenters. The zero-order valence-corrected chi connectivity index (χ0v) is 70.0. The minimum Gasteiger partial charge on any atom is -0.457 e. The first-order valence-corrected chi connectivity index (χ1v) is 44.2. The third-order valence-electron chi connectivity index (χ3n) is 25.8. The minimum atomic E-state index is -1.35. The van der Waals surface area contributed by atoms with Gasteiger partial charge in [-0.25, -0.2) is 0 Å². The highest BCUT2D eigenvalue weighted by atomic mass is 16.7. The molecule has 17 heteroatoms. The van der Waals surface area contributed by atoms with Gasteiger partial charge in [-0.15, -0.1) is 0 Å². The number of rotatable bonds is 13. The Kier molecular flexibility index (Phi) is 18.7. The molecule has 8 atom stereocenters. The molecule has 0 amide bonds. The molecule has 130 heavy (non-hydrogen) atoms. The van der Waals surface area contributed by atoms with Gasteiger partial charge in [-0.2, -0.15) is 0 Å². The molecule has 16 aromatic rings. The first kappa shape index (κ1) is 76.4. The summed E-state index contributed by atoms with van der Waals surface area (Å²) in [4.78, 5) is 14.3. The average molecular weight is 1710 g/mol. The van der Waals surface area contributed by atoms with E-state index in [0.29, 0.717) is 189 Å². The lowest BCUT2D eigenvalue weighted by Crippen LogP contribution is -2.26. The third kappa shape index (κ3) is 14.7. The van der Waals surface area contributed by atoms with Crippen LogP contribution in [0.5, 0.6) is 138 Å². The third-order valence-corrected chi connectivity index (χ3v) is 25.8. The van der Waals surface area contributed by atoms with Crippen molar-refractivity contribution in [3.8, 4) is 138 Å². The summed E-state index contributed by atoms with van der Waals surface area (Å²) in [5.41, 5.74) is 13.5. The van der Waals surface area contributed by atoms with E-state index < -0.39 is 48.8 Å². The van der Waals surface area contributed by atoms with Gasteiger partial charge >= 0.3 is 0 Å². The number of carbonyl (C=O) groups excluding carboxylic acids is 1. The lowest BCUT2D eigenvalue weighted by Gasteiger charge is -2.38. The summed E-state index contributed by atoms with van der Waals surface area (Å²) in [6, 6.07) is 110. The molecule has 0 radical (unpaired) electrons. The topological polar surface area (TPSA) is 165 Å². The zero-order chi connectivity index (χ0) is 85.9. The first-order valence-electron chi connectivity index (χ1n) is 44.2. The van der Waals surface area contributed by atoms with E-state index in [1.807, 2.05) is 121 Å². The predicted octanol–water partition coefficient (Wildman–Crippen LogP) is 28.3. The van der Waals surface area contributed by atoms with E-state index >= 15 is 0 Å². The van der Waals surface area contributed by atoms with Crippen molar-refractivity contribution in [1.29, 1.82) is 0 Å². The van der Waals surface area contributed by atoms with Crippen molar-refractivity contribution < 1.29 is 80.6 Å². The van der Waals surface area contributed by atoms with Crippen LogP contribution in [0.2, 0.25) is 0 Å². The van der Waals surface area contributed by atoms with Gasteiger partial charge in [0.2, 0.25) is 0 Å². The number of hydrogen-bond donors (Lipinski definition) is 0. The Balaban J connectivity index is 0.869. The van der Waals surface area contributed by atoms with Crippen LogP contribution in [0.3, 0.4) is 0 Å². The fourth-order valence-corrected chi connectivity index (χ4v) is 19.8. The van der Waals surface area contributed by atoms with Gasteiger partial charge < -0.3 is 75.8 Å². The molecular weight excluding hydrogens is 1630 g/mol. The Bertz CT molecular complexity index is 6590. The van der Waals surface area contributed by atoms with Crippen LogP contribution in [0.1, 0.15) is 174 Å². The number of benzene rings is 16. The van der Waals surface area contributed by atoms with Gasteiger partial charge in [0, 0.05) is 157 Å². The molecule has 0 spiro atoms. The van der Waals surface area contributed by atoms with Crippen LogP contribution in [0.25, 0.3) is 0 Å². The molecule has 25 rings (SSSR count). The average Bonchev–Trinajstić information content (AvgIpc) is 0.724. The Hall–Kier alpha value is -16.0. The fraction of sp³-hybridized carbons (Fsp3) is 0.142. The maximum atomic E-state index is 14.3. The van der Waals surface area contributed by atoms with Crippen LogP contribution in [0, 0.1) is 0 Å². The van der Waals surface area contributed by atoms with Crippen LogP contribution in [-0.2, 0) is 25.7 Å². The largest absolute Gasteiger partial charge is 0.457 e. The van der Waals surface area contributed by atoms with Crippen LogP contribution >= 0.6 is 0 Å². The second-order valence-corrected chi connectivity index (χ2v) is 34.3. The second kappa shape index (κ2) is 31.8. The molecule has 0 saturated carbocycles. The van der Waals surface area contributed by atoms with Crippen molar-refractivity contribution in [3.05, 3.63) is 428 Å². The summed E-state index contributed by atoms with van der Waals surface area (Å²) in [6.45, 7) is 0. The summed E-state index contributed by atoms with van der Waals surface area (Å²) in [6.07, 6.45) is 0.145. The number of fused-ring (bicyclic) bond motifs is 16. The number of carbonyl (C=O) groups is 1. The first-order chi connectivity index (χ1) is 64.1.